The van der Waals surface area contributed by atoms with Gasteiger partial charge in [-0.3, -0.25) is 0 Å². The summed E-state index contributed by atoms with van der Waals surface area (Å²) in [4.78, 5) is 26.3. The van der Waals surface area contributed by atoms with E-state index in [0.29, 0.717) is 56.4 Å². The van der Waals surface area contributed by atoms with Crippen molar-refractivity contribution in [1.82, 2.24) is 4.90 Å². The molecule has 7 heteroatoms. The number of hydrogen-bond acceptors (Lipinski definition) is 6. The van der Waals surface area contributed by atoms with Gasteiger partial charge in [0, 0.05) is 13.1 Å². The first-order valence-electron chi connectivity index (χ1n) is 10.5. The highest BCUT2D eigenvalue weighted by Crippen LogP contribution is 2.39. The van der Waals surface area contributed by atoms with Gasteiger partial charge in [0.15, 0.2) is 0 Å². The minimum absolute atomic E-state index is 0.292. The van der Waals surface area contributed by atoms with Crippen LogP contribution in [0.2, 0.25) is 0 Å². The third-order valence-electron chi connectivity index (χ3n) is 4.36. The van der Waals surface area contributed by atoms with Gasteiger partial charge in [0.1, 0.15) is 17.1 Å². The lowest BCUT2D eigenvalue weighted by Gasteiger charge is -2.30. The van der Waals surface area contributed by atoms with Gasteiger partial charge >= 0.3 is 12.1 Å². The average molecular weight is 420 g/mol. The van der Waals surface area contributed by atoms with Crippen molar-refractivity contribution in [1.29, 1.82) is 0 Å². The first-order chi connectivity index (χ1) is 14.2. The topological polar surface area (TPSA) is 74.3 Å². The molecule has 0 atom stereocenters. The van der Waals surface area contributed by atoms with Crippen LogP contribution in [0.25, 0.3) is 5.57 Å². The monoisotopic (exact) mass is 419 g/mol. The molecule has 0 radical (unpaired) electrons. The Labute approximate surface area is 178 Å². The fraction of sp³-hybridized carbons (Fsp3) is 0.565. The van der Waals surface area contributed by atoms with E-state index in [0.717, 1.165) is 11.1 Å². The summed E-state index contributed by atoms with van der Waals surface area (Å²) >= 11 is 0. The molecule has 30 heavy (non-hydrogen) atoms. The molecule has 166 valence electrons. The second-order valence-corrected chi connectivity index (χ2v) is 7.84. The second kappa shape index (κ2) is 10.4. The number of ether oxygens (including phenoxy) is 4. The summed E-state index contributed by atoms with van der Waals surface area (Å²) in [6.07, 6.45) is 2.28. The summed E-state index contributed by atoms with van der Waals surface area (Å²) in [6, 6.07) is 3.39. The molecule has 1 amide bonds. The molecular formula is C23H33NO6. The molecular weight excluding hydrogens is 386 g/mol. The van der Waals surface area contributed by atoms with Crippen molar-refractivity contribution in [3.05, 3.63) is 29.3 Å². The van der Waals surface area contributed by atoms with Crippen molar-refractivity contribution in [2.24, 2.45) is 0 Å². The fourth-order valence-corrected chi connectivity index (χ4v) is 3.17. The van der Waals surface area contributed by atoms with Crippen LogP contribution in [0.3, 0.4) is 0 Å². The van der Waals surface area contributed by atoms with Gasteiger partial charge < -0.3 is 23.8 Å². The Balaban J connectivity index is 2.37. The fourth-order valence-electron chi connectivity index (χ4n) is 3.17. The lowest BCUT2D eigenvalue weighted by atomic mass is 9.96. The first-order valence-corrected chi connectivity index (χ1v) is 10.5. The predicted molar refractivity (Wildman–Crippen MR) is 115 cm³/mol. The maximum Gasteiger partial charge on any atom is 0.410 e. The summed E-state index contributed by atoms with van der Waals surface area (Å²) in [5.41, 5.74) is 1.68. The van der Waals surface area contributed by atoms with Crippen LogP contribution in [0, 0.1) is 0 Å². The SMILES string of the molecule is CCOC(=O)c1cc(OCC)c(C2=CCN(C(=O)OC(C)(C)C)CC2)c(OCC)c1. The maximum atomic E-state index is 12.4. The molecule has 0 fully saturated rings. The molecule has 0 N–H and O–H groups in total. The van der Waals surface area contributed by atoms with Crippen molar-refractivity contribution in [2.45, 2.75) is 53.6 Å². The second-order valence-electron chi connectivity index (χ2n) is 7.84. The summed E-state index contributed by atoms with van der Waals surface area (Å²) in [6.45, 7) is 13.2. The number of hydrogen-bond donors (Lipinski definition) is 0. The molecule has 0 unspecified atom stereocenters. The Morgan fingerprint density at radius 3 is 2.03 bits per heavy atom. The zero-order valence-electron chi connectivity index (χ0n) is 18.9. The predicted octanol–water partition coefficient (Wildman–Crippen LogP) is 4.68. The van der Waals surface area contributed by atoms with Crippen LogP contribution in [-0.2, 0) is 9.47 Å². The Morgan fingerprint density at radius 1 is 1.00 bits per heavy atom. The molecule has 0 spiro atoms. The highest BCUT2D eigenvalue weighted by Gasteiger charge is 2.27. The summed E-state index contributed by atoms with van der Waals surface area (Å²) in [5.74, 6) is 0.728. The number of carbonyl (C=O) groups excluding carboxylic acids is 2. The lowest BCUT2D eigenvalue weighted by molar-refractivity contribution is 0.0270. The molecule has 0 bridgehead atoms. The minimum atomic E-state index is -0.533. The van der Waals surface area contributed by atoms with E-state index in [4.69, 9.17) is 18.9 Å². The van der Waals surface area contributed by atoms with E-state index in [1.807, 2.05) is 40.7 Å². The molecule has 1 heterocycles. The van der Waals surface area contributed by atoms with Crippen molar-refractivity contribution in [3.63, 3.8) is 0 Å². The zero-order valence-corrected chi connectivity index (χ0v) is 18.9. The van der Waals surface area contributed by atoms with Gasteiger partial charge in [0.05, 0.1) is 30.9 Å². The van der Waals surface area contributed by atoms with Crippen LogP contribution in [0.1, 0.15) is 63.9 Å². The molecule has 0 saturated carbocycles. The van der Waals surface area contributed by atoms with Crippen LogP contribution in [-0.4, -0.2) is 55.5 Å². The van der Waals surface area contributed by atoms with Gasteiger partial charge in [-0.15, -0.1) is 0 Å². The van der Waals surface area contributed by atoms with Crippen LogP contribution in [0.4, 0.5) is 4.79 Å². The molecule has 0 aromatic heterocycles. The van der Waals surface area contributed by atoms with Crippen molar-refractivity contribution in [2.75, 3.05) is 32.9 Å². The maximum absolute atomic E-state index is 12.4. The van der Waals surface area contributed by atoms with Crippen molar-refractivity contribution in [3.8, 4) is 11.5 Å². The van der Waals surface area contributed by atoms with Gasteiger partial charge in [-0.25, -0.2) is 9.59 Å². The zero-order chi connectivity index (χ0) is 22.3. The molecule has 1 aromatic carbocycles. The molecule has 1 aliphatic rings. The van der Waals surface area contributed by atoms with Gasteiger partial charge in [0.2, 0.25) is 0 Å². The van der Waals surface area contributed by atoms with E-state index in [2.05, 4.69) is 0 Å². The van der Waals surface area contributed by atoms with Crippen LogP contribution in [0.5, 0.6) is 11.5 Å². The minimum Gasteiger partial charge on any atom is -0.493 e. The van der Waals surface area contributed by atoms with Crippen molar-refractivity contribution < 1.29 is 28.5 Å². The van der Waals surface area contributed by atoms with Crippen molar-refractivity contribution >= 4 is 17.6 Å². The molecule has 7 nitrogen and oxygen atoms in total. The molecule has 1 aromatic rings. The van der Waals surface area contributed by atoms with Crippen LogP contribution in [0.15, 0.2) is 18.2 Å². The highest BCUT2D eigenvalue weighted by atomic mass is 16.6. The van der Waals surface area contributed by atoms with Crippen LogP contribution < -0.4 is 9.47 Å². The Hall–Kier alpha value is -2.70. The molecule has 0 saturated heterocycles. The van der Waals surface area contributed by atoms with E-state index >= 15 is 0 Å². The van der Waals surface area contributed by atoms with Crippen LogP contribution >= 0.6 is 0 Å². The lowest BCUT2D eigenvalue weighted by Crippen LogP contribution is -2.39. The number of carbonyl (C=O) groups is 2. The van der Waals surface area contributed by atoms with Gasteiger partial charge in [-0.2, -0.15) is 0 Å². The number of esters is 1. The smallest absolute Gasteiger partial charge is 0.410 e. The standard InChI is InChI=1S/C23H33NO6/c1-7-27-18-14-17(21(25)29-9-3)15-19(28-8-2)20(18)16-10-12-24(13-11-16)22(26)30-23(4,5)6/h10,14-15H,7-9,11-13H2,1-6H3. The molecule has 2 rings (SSSR count). The third kappa shape index (κ3) is 6.15. The highest BCUT2D eigenvalue weighted by molar-refractivity contribution is 5.92. The Bertz CT molecular complexity index is 766. The number of nitrogens with zero attached hydrogens (tertiary/aromatic N) is 1. The number of benzene rings is 1. The molecule has 0 aliphatic carbocycles. The number of amides is 1. The average Bonchev–Trinajstić information content (AvgIpc) is 2.67. The van der Waals surface area contributed by atoms with Gasteiger partial charge in [0.25, 0.3) is 0 Å². The summed E-state index contributed by atoms with van der Waals surface area (Å²) < 4.78 is 22.3. The Morgan fingerprint density at radius 2 is 1.60 bits per heavy atom. The van der Waals surface area contributed by atoms with E-state index in [-0.39, 0.29) is 6.09 Å². The normalized spacial score (nSPS) is 14.1. The van der Waals surface area contributed by atoms with E-state index < -0.39 is 11.6 Å². The van der Waals surface area contributed by atoms with Gasteiger partial charge in [-0.1, -0.05) is 6.08 Å². The van der Waals surface area contributed by atoms with Gasteiger partial charge in [-0.05, 0) is 65.7 Å². The van der Waals surface area contributed by atoms with E-state index in [9.17, 15) is 9.59 Å². The number of rotatable bonds is 7. The largest absolute Gasteiger partial charge is 0.493 e. The molecule has 1 aliphatic heterocycles. The first kappa shape index (κ1) is 23.6. The summed E-state index contributed by atoms with van der Waals surface area (Å²) in [5, 5.41) is 0. The van der Waals surface area contributed by atoms with E-state index in [1.165, 1.54) is 0 Å². The quantitative estimate of drug-likeness (QED) is 0.597. The summed E-state index contributed by atoms with van der Waals surface area (Å²) in [7, 11) is 0. The Kier molecular flexibility index (Phi) is 8.15. The third-order valence-corrected chi connectivity index (χ3v) is 4.36. The van der Waals surface area contributed by atoms with E-state index in [1.54, 1.807) is 24.0 Å².